The number of carbonyl (C=O) groups is 2. The number of nitrogens with zero attached hydrogens (tertiary/aromatic N) is 3. The Labute approximate surface area is 136 Å². The lowest BCUT2D eigenvalue weighted by atomic mass is 9.88. The summed E-state index contributed by atoms with van der Waals surface area (Å²) >= 11 is 0. The van der Waals surface area contributed by atoms with Gasteiger partial charge in [-0.1, -0.05) is 5.11 Å². The Morgan fingerprint density at radius 1 is 1.54 bits per heavy atom. The van der Waals surface area contributed by atoms with Gasteiger partial charge >= 0.3 is 5.97 Å². The van der Waals surface area contributed by atoms with Crippen LogP contribution in [0.4, 0.5) is 0 Å². The van der Waals surface area contributed by atoms with Crippen molar-refractivity contribution in [3.63, 3.8) is 0 Å². The molecule has 0 aromatic carbocycles. The van der Waals surface area contributed by atoms with Crippen LogP contribution in [0, 0.1) is 0 Å². The molecule has 0 saturated carbocycles. The smallest absolute Gasteiger partial charge is 0.364 e. The second-order valence-electron chi connectivity index (χ2n) is 5.05. The van der Waals surface area contributed by atoms with E-state index < -0.39 is 67.7 Å². The van der Waals surface area contributed by atoms with Gasteiger partial charge in [-0.3, -0.25) is 4.79 Å². The van der Waals surface area contributed by atoms with Crippen LogP contribution in [0.5, 0.6) is 0 Å². The number of carbonyl (C=O) groups excluding carboxylic acids is 1. The van der Waals surface area contributed by atoms with Crippen molar-refractivity contribution >= 4 is 11.9 Å². The van der Waals surface area contributed by atoms with E-state index in [1.807, 2.05) is 5.32 Å². The molecule has 1 fully saturated rings. The van der Waals surface area contributed by atoms with Crippen molar-refractivity contribution in [1.29, 1.82) is 0 Å². The number of nitrogens with one attached hydrogen (secondary N) is 1. The monoisotopic (exact) mass is 351 g/mol. The number of aliphatic hydroxyl groups excluding tert-OH is 4. The standard InChI is InChI=1S/C11H18N4O9/c12-15-13-2-6(19)14-7-4(17)1-11(23,10(21)22)24-9(7)8(20)5(18)3-16/h4-5,7-9,16-18,20,23H,1-3H2,(H,14,19)(H,21,22)/t4-,5+,7+,8+,9+,11?/m0/s1/i2D/t2?,4-,5+,7+,8+,9+,11?. The molecule has 0 aromatic heterocycles. The Morgan fingerprint density at radius 2 is 2.17 bits per heavy atom. The molecule has 24 heavy (non-hydrogen) atoms. The normalized spacial score (nSPS) is 34.2. The van der Waals surface area contributed by atoms with E-state index >= 15 is 0 Å². The zero-order valence-corrected chi connectivity index (χ0v) is 12.1. The predicted molar refractivity (Wildman–Crippen MR) is 73.1 cm³/mol. The highest BCUT2D eigenvalue weighted by Crippen LogP contribution is 2.30. The zero-order valence-electron chi connectivity index (χ0n) is 13.1. The second kappa shape index (κ2) is 8.21. The highest BCUT2D eigenvalue weighted by atomic mass is 16.7. The first-order valence-electron chi connectivity index (χ1n) is 7.20. The summed E-state index contributed by atoms with van der Waals surface area (Å²) in [5.74, 6) is -6.02. The van der Waals surface area contributed by atoms with Crippen molar-refractivity contribution in [2.45, 2.75) is 42.7 Å². The molecule has 0 aliphatic carbocycles. The molecular weight excluding hydrogens is 332 g/mol. The maximum Gasteiger partial charge on any atom is 0.364 e. The number of aliphatic carboxylic acids is 1. The van der Waals surface area contributed by atoms with E-state index in [2.05, 4.69) is 10.0 Å². The molecule has 7 atom stereocenters. The number of carboxylic acids is 1. The Morgan fingerprint density at radius 3 is 2.67 bits per heavy atom. The zero-order chi connectivity index (χ0) is 19.4. The fourth-order valence-electron chi connectivity index (χ4n) is 2.18. The third-order valence-electron chi connectivity index (χ3n) is 3.37. The number of carboxylic acid groups (broad SMARTS) is 1. The Bertz CT molecular complexity index is 560. The van der Waals surface area contributed by atoms with Crippen molar-refractivity contribution in [3.05, 3.63) is 10.4 Å². The van der Waals surface area contributed by atoms with Gasteiger partial charge in [0, 0.05) is 12.7 Å². The minimum Gasteiger partial charge on any atom is -0.477 e. The molecule has 13 nitrogen and oxygen atoms in total. The molecule has 0 bridgehead atoms. The Hall–Kier alpha value is -1.99. The lowest BCUT2D eigenvalue weighted by molar-refractivity contribution is -0.295. The first kappa shape index (κ1) is 18.4. The second-order valence-corrected chi connectivity index (χ2v) is 5.05. The summed E-state index contributed by atoms with van der Waals surface area (Å²) in [7, 11) is 0. The molecule has 1 heterocycles. The molecule has 136 valence electrons. The van der Waals surface area contributed by atoms with Crippen LogP contribution >= 0.6 is 0 Å². The van der Waals surface area contributed by atoms with Crippen LogP contribution in [0.1, 0.15) is 7.79 Å². The van der Waals surface area contributed by atoms with Crippen LogP contribution in [0.2, 0.25) is 0 Å². The molecule has 0 radical (unpaired) electrons. The van der Waals surface area contributed by atoms with Gasteiger partial charge in [0.15, 0.2) is 0 Å². The summed E-state index contributed by atoms with van der Waals surface area (Å²) in [6, 6.07) is -1.58. The predicted octanol–water partition coefficient (Wildman–Crippen LogP) is -3.58. The van der Waals surface area contributed by atoms with E-state index in [0.29, 0.717) is 0 Å². The van der Waals surface area contributed by atoms with Crippen molar-refractivity contribution in [1.82, 2.24) is 5.32 Å². The largest absolute Gasteiger partial charge is 0.477 e. The van der Waals surface area contributed by atoms with Crippen molar-refractivity contribution < 1.29 is 46.3 Å². The lowest BCUT2D eigenvalue weighted by Crippen LogP contribution is -2.67. The van der Waals surface area contributed by atoms with Crippen LogP contribution < -0.4 is 5.32 Å². The number of hydrogen-bond acceptors (Lipinski definition) is 9. The van der Waals surface area contributed by atoms with Gasteiger partial charge < -0.3 is 40.7 Å². The van der Waals surface area contributed by atoms with Crippen molar-refractivity contribution in [2.75, 3.05) is 13.1 Å². The van der Waals surface area contributed by atoms with E-state index in [9.17, 15) is 30.0 Å². The van der Waals surface area contributed by atoms with E-state index in [4.69, 9.17) is 21.9 Å². The number of azide groups is 1. The SMILES string of the molecule is [2H]C(N=[N+]=[N-])C(=O)N[C@H]1[C@H]([C@H](O)[C@H](O)CO)OC(O)(C(=O)O)C[C@@H]1O. The Balaban J connectivity index is 3.11. The molecule has 13 heteroatoms. The average molecular weight is 351 g/mol. The summed E-state index contributed by atoms with van der Waals surface area (Å²) in [5, 5.41) is 62.1. The summed E-state index contributed by atoms with van der Waals surface area (Å²) in [4.78, 5) is 25.1. The first-order valence-corrected chi connectivity index (χ1v) is 6.63. The highest BCUT2D eigenvalue weighted by Gasteiger charge is 2.53. The maximum absolute atomic E-state index is 11.7. The van der Waals surface area contributed by atoms with E-state index in [1.165, 1.54) is 0 Å². The summed E-state index contributed by atoms with van der Waals surface area (Å²) in [5.41, 5.74) is 8.20. The fraction of sp³-hybridized carbons (Fsp3) is 0.818. The molecule has 0 spiro atoms. The topological polar surface area (TPSA) is 226 Å². The number of ether oxygens (including phenoxy) is 1. The van der Waals surface area contributed by atoms with Crippen LogP contribution in [0.25, 0.3) is 10.4 Å². The average Bonchev–Trinajstić information content (AvgIpc) is 2.55. The van der Waals surface area contributed by atoms with Gasteiger partial charge in [-0.25, -0.2) is 4.79 Å². The number of amides is 1. The molecule has 2 unspecified atom stereocenters. The number of rotatable bonds is 7. The van der Waals surface area contributed by atoms with Gasteiger partial charge in [0.2, 0.25) is 5.91 Å². The van der Waals surface area contributed by atoms with Gasteiger partial charge in [0.1, 0.15) is 24.8 Å². The van der Waals surface area contributed by atoms with Gasteiger partial charge in [0.05, 0.1) is 18.8 Å². The quantitative estimate of drug-likeness (QED) is 0.136. The third-order valence-corrected chi connectivity index (χ3v) is 3.37. The molecule has 1 amide bonds. The lowest BCUT2D eigenvalue weighted by Gasteiger charge is -2.44. The van der Waals surface area contributed by atoms with E-state index in [-0.39, 0.29) is 0 Å². The van der Waals surface area contributed by atoms with Gasteiger partial charge in [-0.05, 0) is 5.53 Å². The molecular formula is C11H18N4O9. The Kier molecular flexibility index (Phi) is 6.28. The van der Waals surface area contributed by atoms with E-state index in [0.717, 1.165) is 0 Å². The van der Waals surface area contributed by atoms with Crippen LogP contribution in [-0.2, 0) is 14.3 Å². The van der Waals surface area contributed by atoms with Crippen LogP contribution in [0.3, 0.4) is 0 Å². The van der Waals surface area contributed by atoms with Gasteiger partial charge in [-0.2, -0.15) is 0 Å². The molecule has 1 aliphatic heterocycles. The molecule has 0 aromatic rings. The maximum atomic E-state index is 11.7. The third kappa shape index (κ3) is 4.52. The van der Waals surface area contributed by atoms with Crippen molar-refractivity contribution in [3.8, 4) is 0 Å². The van der Waals surface area contributed by atoms with E-state index in [1.54, 1.807) is 0 Å². The fourth-order valence-corrected chi connectivity index (χ4v) is 2.18. The molecule has 1 aliphatic rings. The molecule has 7 N–H and O–H groups in total. The van der Waals surface area contributed by atoms with Crippen LogP contribution in [-0.4, -0.2) is 91.9 Å². The summed E-state index contributed by atoms with van der Waals surface area (Å²) < 4.78 is 12.1. The summed E-state index contributed by atoms with van der Waals surface area (Å²) in [6.07, 6.45) is -8.41. The number of aliphatic hydroxyl groups is 5. The van der Waals surface area contributed by atoms with Gasteiger partial charge in [0.25, 0.3) is 5.79 Å². The number of hydrogen-bond donors (Lipinski definition) is 7. The minimum atomic E-state index is -2.92. The molecule has 1 rings (SSSR count). The molecule has 1 saturated heterocycles. The van der Waals surface area contributed by atoms with Crippen molar-refractivity contribution in [2.24, 2.45) is 5.11 Å². The van der Waals surface area contributed by atoms with Gasteiger partial charge in [-0.15, -0.1) is 0 Å². The first-order chi connectivity index (χ1) is 11.6. The summed E-state index contributed by atoms with van der Waals surface area (Å²) in [6.45, 7) is -2.92. The minimum absolute atomic E-state index is 0.907. The van der Waals surface area contributed by atoms with Crippen LogP contribution in [0.15, 0.2) is 5.11 Å². The highest BCUT2D eigenvalue weighted by molar-refractivity contribution is 5.79.